The van der Waals surface area contributed by atoms with Crippen LogP contribution >= 0.6 is 11.3 Å². The number of rotatable bonds is 4. The van der Waals surface area contributed by atoms with E-state index >= 15 is 0 Å². The second-order valence-corrected chi connectivity index (χ2v) is 10.9. The Balaban J connectivity index is 1.90. The predicted molar refractivity (Wildman–Crippen MR) is 135 cm³/mol. The average Bonchev–Trinajstić information content (AvgIpc) is 3.28. The Labute approximate surface area is 210 Å². The molecule has 1 fully saturated rings. The summed E-state index contributed by atoms with van der Waals surface area (Å²) in [6, 6.07) is 0. The molecule has 3 rings (SSSR count). The van der Waals surface area contributed by atoms with Crippen LogP contribution in [0.25, 0.3) is 12.2 Å². The molecular weight excluding hydrogens is 469 g/mol. The van der Waals surface area contributed by atoms with Gasteiger partial charge in [-0.3, -0.25) is 9.59 Å². The number of cyclic esters (lactones) is 1. The Bertz CT molecular complexity index is 1000. The second kappa shape index (κ2) is 11.7. The van der Waals surface area contributed by atoms with Gasteiger partial charge in [-0.25, -0.2) is 9.37 Å². The van der Waals surface area contributed by atoms with Gasteiger partial charge >= 0.3 is 5.97 Å². The molecule has 0 saturated heterocycles. The van der Waals surface area contributed by atoms with Crippen LogP contribution in [-0.4, -0.2) is 51.9 Å². The molecule has 0 amide bonds. The van der Waals surface area contributed by atoms with Gasteiger partial charge in [0.2, 0.25) is 0 Å². The minimum absolute atomic E-state index is 0.210. The zero-order valence-corrected chi connectivity index (χ0v) is 21.5. The van der Waals surface area contributed by atoms with Crippen molar-refractivity contribution in [3.05, 3.63) is 39.9 Å². The van der Waals surface area contributed by atoms with Gasteiger partial charge in [0.25, 0.3) is 0 Å². The van der Waals surface area contributed by atoms with Crippen molar-refractivity contribution in [1.82, 2.24) is 4.98 Å². The molecule has 0 radical (unpaired) electrons. The van der Waals surface area contributed by atoms with Gasteiger partial charge in [-0.2, -0.15) is 0 Å². The third kappa shape index (κ3) is 6.35. The van der Waals surface area contributed by atoms with Gasteiger partial charge in [0.1, 0.15) is 23.6 Å². The topological polar surface area (TPSA) is 96.7 Å². The third-order valence-electron chi connectivity index (χ3n) is 7.49. The third-order valence-corrected chi connectivity index (χ3v) is 8.35. The van der Waals surface area contributed by atoms with Crippen molar-refractivity contribution in [3.63, 3.8) is 0 Å². The quantitative estimate of drug-likeness (QED) is 0.446. The van der Waals surface area contributed by atoms with Crippen LogP contribution in [0.3, 0.4) is 0 Å². The summed E-state index contributed by atoms with van der Waals surface area (Å²) >= 11 is 1.45. The molecule has 2 heterocycles. The smallest absolute Gasteiger partial charge is 0.309 e. The molecule has 0 aromatic carbocycles. The molecule has 35 heavy (non-hydrogen) atoms. The van der Waals surface area contributed by atoms with Crippen LogP contribution in [0.1, 0.15) is 70.0 Å². The predicted octanol–water partition coefficient (Wildman–Crippen LogP) is 4.91. The van der Waals surface area contributed by atoms with Crippen LogP contribution in [0.4, 0.5) is 4.39 Å². The lowest BCUT2D eigenvalue weighted by atomic mass is 9.60. The molecule has 192 valence electrons. The number of thiazole rings is 1. The molecule has 1 aromatic rings. The number of aromatic nitrogens is 1. The largest absolute Gasteiger partial charge is 0.457 e. The number of carbonyl (C=O) groups is 2. The number of allylic oxidation sites excluding steroid dienone is 1. The summed E-state index contributed by atoms with van der Waals surface area (Å²) in [5.41, 5.74) is 0.919. The molecular formula is C27H36FNO5S. The van der Waals surface area contributed by atoms with E-state index in [0.29, 0.717) is 37.0 Å². The van der Waals surface area contributed by atoms with Crippen molar-refractivity contribution < 1.29 is 28.9 Å². The summed E-state index contributed by atoms with van der Waals surface area (Å²) in [6.07, 6.45) is 4.59. The van der Waals surface area contributed by atoms with E-state index in [0.717, 1.165) is 10.6 Å². The maximum Gasteiger partial charge on any atom is 0.309 e. The van der Waals surface area contributed by atoms with Gasteiger partial charge in [0.15, 0.2) is 0 Å². The molecule has 1 saturated carbocycles. The fraction of sp³-hybridized carbons (Fsp3) is 0.593. The number of ether oxygens (including phenoxy) is 1. The van der Waals surface area contributed by atoms with E-state index in [-0.39, 0.29) is 24.5 Å². The number of hydrogen-bond donors (Lipinski definition) is 2. The molecule has 0 unspecified atom stereocenters. The van der Waals surface area contributed by atoms with E-state index in [4.69, 9.17) is 4.74 Å². The Morgan fingerprint density at radius 1 is 1.40 bits per heavy atom. The maximum absolute atomic E-state index is 13.8. The zero-order valence-electron chi connectivity index (χ0n) is 20.7. The van der Waals surface area contributed by atoms with E-state index in [2.05, 4.69) is 11.6 Å². The summed E-state index contributed by atoms with van der Waals surface area (Å²) in [4.78, 5) is 30.4. The van der Waals surface area contributed by atoms with Crippen molar-refractivity contribution in [2.75, 3.05) is 6.67 Å². The maximum atomic E-state index is 13.8. The first kappa shape index (κ1) is 27.4. The molecule has 8 heteroatoms. The number of halogens is 1. The Morgan fingerprint density at radius 3 is 2.80 bits per heavy atom. The summed E-state index contributed by atoms with van der Waals surface area (Å²) < 4.78 is 19.5. The van der Waals surface area contributed by atoms with Crippen molar-refractivity contribution in [2.24, 2.45) is 17.3 Å². The highest BCUT2D eigenvalue weighted by molar-refractivity contribution is 7.10. The lowest BCUT2D eigenvalue weighted by Gasteiger charge is -2.45. The minimum Gasteiger partial charge on any atom is -0.457 e. The number of fused-ring (bicyclic) bond motifs is 2. The zero-order chi connectivity index (χ0) is 25.8. The number of carbonyl (C=O) groups excluding carboxylic acids is 2. The Kier molecular flexibility index (Phi) is 9.18. The molecule has 1 aliphatic carbocycles. The van der Waals surface area contributed by atoms with Crippen molar-refractivity contribution in [2.45, 2.75) is 77.6 Å². The lowest BCUT2D eigenvalue weighted by Crippen LogP contribution is -2.54. The van der Waals surface area contributed by atoms with Gasteiger partial charge in [-0.15, -0.1) is 11.3 Å². The van der Waals surface area contributed by atoms with E-state index in [1.807, 2.05) is 18.4 Å². The average molecular weight is 506 g/mol. The van der Waals surface area contributed by atoms with Crippen LogP contribution in [-0.2, 0) is 14.3 Å². The number of hydrogen-bond acceptors (Lipinski definition) is 7. The SMILES string of the molecule is C=Cc1nc(/C=C(\C)[C@@H]2C/C=C(/CF)CCC[C@@H]3C[C@@](C)(C(=O)[C@H](C)[C@H]3O)[C@@H](O)CC(=O)O2)cs1. The summed E-state index contributed by atoms with van der Waals surface area (Å²) in [5.74, 6) is -1.73. The molecule has 2 N–H and O–H groups in total. The van der Waals surface area contributed by atoms with E-state index in [9.17, 15) is 24.2 Å². The molecule has 6 nitrogen and oxygen atoms in total. The van der Waals surface area contributed by atoms with Gasteiger partial charge in [-0.05, 0) is 61.8 Å². The number of esters is 1. The van der Waals surface area contributed by atoms with Crippen molar-refractivity contribution in [1.29, 1.82) is 0 Å². The number of nitrogens with zero attached hydrogens (tertiary/aromatic N) is 1. The molecule has 2 bridgehead atoms. The second-order valence-electron chi connectivity index (χ2n) is 10.1. The Morgan fingerprint density at radius 2 is 2.14 bits per heavy atom. The van der Waals surface area contributed by atoms with Gasteiger partial charge in [-0.1, -0.05) is 26.5 Å². The van der Waals surface area contributed by atoms with Gasteiger partial charge in [0, 0.05) is 17.7 Å². The van der Waals surface area contributed by atoms with Crippen LogP contribution < -0.4 is 0 Å². The van der Waals surface area contributed by atoms with E-state index < -0.39 is 42.3 Å². The molecule has 1 aromatic heterocycles. The number of aliphatic hydroxyl groups excluding tert-OH is 2. The first-order valence-corrected chi connectivity index (χ1v) is 13.1. The number of Topliss-reactive ketones (excluding diaryl/α,β-unsaturated/α-hetero) is 1. The molecule has 0 spiro atoms. The minimum atomic E-state index is -1.22. The molecule has 2 aliphatic rings. The van der Waals surface area contributed by atoms with Crippen LogP contribution in [0.5, 0.6) is 0 Å². The molecule has 1 aliphatic heterocycles. The monoisotopic (exact) mass is 505 g/mol. The summed E-state index contributed by atoms with van der Waals surface area (Å²) in [7, 11) is 0. The first-order chi connectivity index (χ1) is 16.6. The molecule has 6 atom stereocenters. The number of ketones is 1. The van der Waals surface area contributed by atoms with Gasteiger partial charge < -0.3 is 14.9 Å². The highest BCUT2D eigenvalue weighted by Crippen LogP contribution is 2.44. The van der Waals surface area contributed by atoms with Gasteiger partial charge in [0.05, 0.1) is 29.7 Å². The van der Waals surface area contributed by atoms with Crippen LogP contribution in [0.2, 0.25) is 0 Å². The number of alkyl halides is 1. The standard InChI is InChI=1S/C27H36FNO5S/c1-5-23-29-20(15-35-23)11-16(2)21-10-9-18(14-28)7-6-8-19-13-27(4,22(30)12-24(31)34-21)26(33)17(3)25(19)32/h5,9,11,15,17,19,21-22,25,30,32H,1,6-8,10,12-14H2,2-4H3/b16-11+,18-9+/t17-,19-,21+,22+,25-,27-/m1/s1. The van der Waals surface area contributed by atoms with Crippen LogP contribution in [0, 0.1) is 17.3 Å². The summed E-state index contributed by atoms with van der Waals surface area (Å²) in [6.45, 7) is 8.28. The Hall–Kier alpha value is -2.16. The van der Waals surface area contributed by atoms with Crippen molar-refractivity contribution >= 4 is 35.2 Å². The fourth-order valence-corrected chi connectivity index (χ4v) is 5.83. The van der Waals surface area contributed by atoms with E-state index in [1.54, 1.807) is 26.0 Å². The lowest BCUT2D eigenvalue weighted by molar-refractivity contribution is -0.161. The normalized spacial score (nSPS) is 35.0. The van der Waals surface area contributed by atoms with E-state index in [1.165, 1.54) is 11.3 Å². The highest BCUT2D eigenvalue weighted by Gasteiger charge is 2.51. The highest BCUT2D eigenvalue weighted by atomic mass is 32.1. The van der Waals surface area contributed by atoms with Crippen LogP contribution in [0.15, 0.2) is 29.2 Å². The number of aliphatic hydroxyl groups is 2. The first-order valence-electron chi connectivity index (χ1n) is 12.2. The fourth-order valence-electron chi connectivity index (χ4n) is 5.21. The van der Waals surface area contributed by atoms with Crippen molar-refractivity contribution in [3.8, 4) is 0 Å². The summed E-state index contributed by atoms with van der Waals surface area (Å²) in [5, 5.41) is 24.3.